The van der Waals surface area contributed by atoms with Gasteiger partial charge in [0.05, 0.1) is 11.6 Å². The summed E-state index contributed by atoms with van der Waals surface area (Å²) < 4.78 is 6.29. The summed E-state index contributed by atoms with van der Waals surface area (Å²) in [6, 6.07) is 2.60. The summed E-state index contributed by atoms with van der Waals surface area (Å²) in [7, 11) is 1.70. The van der Waals surface area contributed by atoms with E-state index in [1.54, 1.807) is 18.4 Å². The van der Waals surface area contributed by atoms with Crippen LogP contribution in [0.2, 0.25) is 0 Å². The maximum atomic E-state index is 5.24. The zero-order valence-electron chi connectivity index (χ0n) is 10.6. The van der Waals surface area contributed by atoms with Gasteiger partial charge in [0.2, 0.25) is 0 Å². The molecule has 0 spiro atoms. The summed E-state index contributed by atoms with van der Waals surface area (Å²) in [6.07, 6.45) is 0. The third-order valence-electron chi connectivity index (χ3n) is 2.77. The molecule has 0 radical (unpaired) electrons. The molecule has 1 heterocycles. The lowest BCUT2D eigenvalue weighted by molar-refractivity contribution is 0.286. The maximum absolute atomic E-state index is 5.24. The summed E-state index contributed by atoms with van der Waals surface area (Å²) in [6.45, 7) is 9.85. The van der Waals surface area contributed by atoms with Gasteiger partial charge in [-0.15, -0.1) is 11.3 Å². The molecule has 0 saturated carbocycles. The normalized spacial score (nSPS) is 13.9. The fourth-order valence-electron chi connectivity index (χ4n) is 1.18. The molecule has 0 amide bonds. The Kier molecular flexibility index (Phi) is 4.83. The molecule has 4 heteroatoms. The second kappa shape index (κ2) is 5.52. The highest BCUT2D eigenvalue weighted by atomic mass is 79.9. The van der Waals surface area contributed by atoms with Crippen LogP contribution in [0.25, 0.3) is 0 Å². The predicted molar refractivity (Wildman–Crippen MR) is 74.3 cm³/mol. The number of hydrogen-bond donors (Lipinski definition) is 1. The average Bonchev–Trinajstić information content (AvgIpc) is 2.54. The second-order valence-electron chi connectivity index (χ2n) is 5.02. The van der Waals surface area contributed by atoms with Crippen LogP contribution >= 0.6 is 27.3 Å². The Labute approximate surface area is 111 Å². The largest absolute Gasteiger partial charge is 0.486 e. The fourth-order valence-corrected chi connectivity index (χ4v) is 2.83. The van der Waals surface area contributed by atoms with E-state index in [-0.39, 0.29) is 0 Å². The van der Waals surface area contributed by atoms with Gasteiger partial charge >= 0.3 is 0 Å². The topological polar surface area (TPSA) is 21.3 Å². The molecule has 92 valence electrons. The maximum Gasteiger partial charge on any atom is 0.188 e. The Morgan fingerprint density at radius 1 is 1.50 bits per heavy atom. The number of hydrogen-bond acceptors (Lipinski definition) is 3. The first-order valence-corrected chi connectivity index (χ1v) is 7.01. The SMILES string of the molecule is COc1sc(CNC(C)C(C)(C)C)cc1Br. The molecular formula is C12H20BrNOS. The zero-order chi connectivity index (χ0) is 12.3. The van der Waals surface area contributed by atoms with Gasteiger partial charge in [0.1, 0.15) is 0 Å². The minimum Gasteiger partial charge on any atom is -0.486 e. The van der Waals surface area contributed by atoms with Gasteiger partial charge in [0.25, 0.3) is 0 Å². The molecule has 0 aromatic carbocycles. The summed E-state index contributed by atoms with van der Waals surface area (Å²) in [5, 5.41) is 4.48. The molecule has 1 N–H and O–H groups in total. The molecule has 0 aliphatic carbocycles. The fraction of sp³-hybridized carbons (Fsp3) is 0.667. The van der Waals surface area contributed by atoms with Crippen molar-refractivity contribution in [2.75, 3.05) is 7.11 Å². The van der Waals surface area contributed by atoms with E-state index in [0.717, 1.165) is 16.1 Å². The number of halogens is 1. The first kappa shape index (κ1) is 14.0. The molecule has 0 saturated heterocycles. The van der Waals surface area contributed by atoms with Crippen molar-refractivity contribution >= 4 is 27.3 Å². The van der Waals surface area contributed by atoms with E-state index < -0.39 is 0 Å². The number of thiophene rings is 1. The first-order valence-electron chi connectivity index (χ1n) is 5.40. The summed E-state index contributed by atoms with van der Waals surface area (Å²) in [5.41, 5.74) is 0.290. The number of ether oxygens (including phenoxy) is 1. The van der Waals surface area contributed by atoms with Crippen LogP contribution in [0.15, 0.2) is 10.5 Å². The van der Waals surface area contributed by atoms with Crippen molar-refractivity contribution in [2.45, 2.75) is 40.3 Å². The molecule has 1 aromatic heterocycles. The first-order chi connectivity index (χ1) is 7.34. The third-order valence-corrected chi connectivity index (χ3v) is 4.72. The van der Waals surface area contributed by atoms with Crippen LogP contribution in [0, 0.1) is 5.41 Å². The van der Waals surface area contributed by atoms with Crippen LogP contribution in [-0.2, 0) is 6.54 Å². The Bertz CT molecular complexity index is 343. The summed E-state index contributed by atoms with van der Waals surface area (Å²) >= 11 is 5.16. The Morgan fingerprint density at radius 3 is 2.56 bits per heavy atom. The zero-order valence-corrected chi connectivity index (χ0v) is 13.0. The van der Waals surface area contributed by atoms with Crippen LogP contribution < -0.4 is 10.1 Å². The molecular weight excluding hydrogens is 286 g/mol. The van der Waals surface area contributed by atoms with Crippen molar-refractivity contribution in [3.05, 3.63) is 15.4 Å². The smallest absolute Gasteiger partial charge is 0.188 e. The standard InChI is InChI=1S/C12H20BrNOS/c1-8(12(2,3)4)14-7-9-6-10(13)11(15-5)16-9/h6,8,14H,7H2,1-5H3. The van der Waals surface area contributed by atoms with Gasteiger partial charge in [0.15, 0.2) is 5.06 Å². The number of nitrogens with one attached hydrogen (secondary N) is 1. The Morgan fingerprint density at radius 2 is 2.12 bits per heavy atom. The predicted octanol–water partition coefficient (Wildman–Crippen LogP) is 4.04. The van der Waals surface area contributed by atoms with Crippen LogP contribution in [0.3, 0.4) is 0 Å². The van der Waals surface area contributed by atoms with Crippen molar-refractivity contribution in [1.29, 1.82) is 0 Å². The van der Waals surface area contributed by atoms with E-state index in [1.807, 2.05) is 0 Å². The second-order valence-corrected chi connectivity index (χ2v) is 6.97. The quantitative estimate of drug-likeness (QED) is 0.906. The van der Waals surface area contributed by atoms with E-state index in [4.69, 9.17) is 4.74 Å². The van der Waals surface area contributed by atoms with Crippen molar-refractivity contribution in [2.24, 2.45) is 5.41 Å². The van der Waals surface area contributed by atoms with E-state index in [0.29, 0.717) is 11.5 Å². The molecule has 1 aromatic rings. The summed E-state index contributed by atoms with van der Waals surface area (Å²) in [4.78, 5) is 1.29. The molecule has 1 atom stereocenters. The molecule has 16 heavy (non-hydrogen) atoms. The van der Waals surface area contributed by atoms with Gasteiger partial charge in [0, 0.05) is 17.5 Å². The van der Waals surface area contributed by atoms with E-state index in [9.17, 15) is 0 Å². The molecule has 2 nitrogen and oxygen atoms in total. The van der Waals surface area contributed by atoms with Gasteiger partial charge in [-0.3, -0.25) is 0 Å². The van der Waals surface area contributed by atoms with E-state index >= 15 is 0 Å². The van der Waals surface area contributed by atoms with Crippen molar-refractivity contribution in [1.82, 2.24) is 5.32 Å². The van der Waals surface area contributed by atoms with E-state index in [2.05, 4.69) is 55.0 Å². The number of methoxy groups -OCH3 is 1. The van der Waals surface area contributed by atoms with Crippen LogP contribution in [-0.4, -0.2) is 13.2 Å². The molecule has 0 aliphatic rings. The van der Waals surface area contributed by atoms with Crippen LogP contribution in [0.4, 0.5) is 0 Å². The number of rotatable bonds is 4. The van der Waals surface area contributed by atoms with Gasteiger partial charge < -0.3 is 10.1 Å². The average molecular weight is 306 g/mol. The molecule has 1 rings (SSSR count). The minimum absolute atomic E-state index is 0.290. The van der Waals surface area contributed by atoms with Crippen molar-refractivity contribution < 1.29 is 4.74 Å². The molecule has 0 fully saturated rings. The lowest BCUT2D eigenvalue weighted by Gasteiger charge is -2.28. The van der Waals surface area contributed by atoms with Crippen molar-refractivity contribution in [3.8, 4) is 5.06 Å². The lowest BCUT2D eigenvalue weighted by atomic mass is 9.88. The van der Waals surface area contributed by atoms with E-state index in [1.165, 1.54) is 4.88 Å². The Hall–Kier alpha value is -0.0600. The molecule has 0 aliphatic heterocycles. The summed E-state index contributed by atoms with van der Waals surface area (Å²) in [5.74, 6) is 0. The van der Waals surface area contributed by atoms with Gasteiger partial charge in [-0.2, -0.15) is 0 Å². The van der Waals surface area contributed by atoms with Crippen LogP contribution in [0.5, 0.6) is 5.06 Å². The monoisotopic (exact) mass is 305 g/mol. The van der Waals surface area contributed by atoms with Gasteiger partial charge in [-0.1, -0.05) is 20.8 Å². The third kappa shape index (κ3) is 3.75. The van der Waals surface area contributed by atoms with Gasteiger partial charge in [-0.25, -0.2) is 0 Å². The van der Waals surface area contributed by atoms with Crippen molar-refractivity contribution in [3.63, 3.8) is 0 Å². The highest BCUT2D eigenvalue weighted by Crippen LogP contribution is 2.34. The lowest BCUT2D eigenvalue weighted by Crippen LogP contribution is -2.36. The van der Waals surface area contributed by atoms with Gasteiger partial charge in [-0.05, 0) is 34.3 Å². The Balaban J connectivity index is 2.55. The minimum atomic E-state index is 0.290. The highest BCUT2D eigenvalue weighted by Gasteiger charge is 2.19. The molecule has 1 unspecified atom stereocenters. The highest BCUT2D eigenvalue weighted by molar-refractivity contribution is 9.10. The van der Waals surface area contributed by atoms with Crippen LogP contribution in [0.1, 0.15) is 32.6 Å². The molecule has 0 bridgehead atoms.